The van der Waals surface area contributed by atoms with E-state index < -0.39 is 0 Å². The van der Waals surface area contributed by atoms with Crippen LogP contribution >= 0.6 is 0 Å². The van der Waals surface area contributed by atoms with Crippen molar-refractivity contribution in [3.05, 3.63) is 54.1 Å². The molecule has 2 aromatic carbocycles. The summed E-state index contributed by atoms with van der Waals surface area (Å²) >= 11 is 0. The number of aromatic nitrogens is 3. The Bertz CT molecular complexity index is 1000. The maximum absolute atomic E-state index is 12.3. The second-order valence-corrected chi connectivity index (χ2v) is 7.83. The SMILES string of the molecule is Cc1ccc(-c2nc(OC(C)C)nn2-c2cccc(NC(=O)C3CCC3)c2)cc1. The largest absolute Gasteiger partial charge is 0.460 e. The van der Waals surface area contributed by atoms with Gasteiger partial charge < -0.3 is 10.1 Å². The van der Waals surface area contributed by atoms with Crippen molar-refractivity contribution in [3.8, 4) is 23.1 Å². The molecule has 1 amide bonds. The zero-order chi connectivity index (χ0) is 20.4. The van der Waals surface area contributed by atoms with Gasteiger partial charge >= 0.3 is 6.01 Å². The van der Waals surface area contributed by atoms with E-state index in [9.17, 15) is 4.79 Å². The average Bonchev–Trinajstić information content (AvgIpc) is 3.04. The van der Waals surface area contributed by atoms with Crippen LogP contribution in [0.15, 0.2) is 48.5 Å². The molecule has 1 aliphatic rings. The summed E-state index contributed by atoms with van der Waals surface area (Å²) in [4.78, 5) is 16.9. The number of amides is 1. The van der Waals surface area contributed by atoms with Gasteiger partial charge in [0.05, 0.1) is 11.8 Å². The predicted molar refractivity (Wildman–Crippen MR) is 113 cm³/mol. The molecule has 1 aliphatic carbocycles. The van der Waals surface area contributed by atoms with Gasteiger partial charge in [0.25, 0.3) is 0 Å². The van der Waals surface area contributed by atoms with Gasteiger partial charge in [-0.3, -0.25) is 4.79 Å². The second-order valence-electron chi connectivity index (χ2n) is 7.83. The first-order valence-electron chi connectivity index (χ1n) is 10.1. The third kappa shape index (κ3) is 4.31. The highest BCUT2D eigenvalue weighted by Crippen LogP contribution is 2.29. The molecule has 6 nitrogen and oxygen atoms in total. The highest BCUT2D eigenvalue weighted by atomic mass is 16.5. The number of hydrogen-bond acceptors (Lipinski definition) is 4. The zero-order valence-corrected chi connectivity index (χ0v) is 17.1. The predicted octanol–water partition coefficient (Wildman–Crippen LogP) is 4.77. The van der Waals surface area contributed by atoms with Crippen LogP contribution in [0.1, 0.15) is 38.7 Å². The van der Waals surface area contributed by atoms with E-state index in [-0.39, 0.29) is 17.9 Å². The maximum Gasteiger partial charge on any atom is 0.336 e. The molecule has 4 rings (SSSR count). The van der Waals surface area contributed by atoms with Gasteiger partial charge in [-0.15, -0.1) is 5.10 Å². The third-order valence-electron chi connectivity index (χ3n) is 5.07. The molecule has 29 heavy (non-hydrogen) atoms. The fraction of sp³-hybridized carbons (Fsp3) is 0.348. The van der Waals surface area contributed by atoms with E-state index in [0.717, 1.165) is 36.2 Å². The molecule has 1 heterocycles. The van der Waals surface area contributed by atoms with Crippen LogP contribution in [-0.2, 0) is 4.79 Å². The van der Waals surface area contributed by atoms with Gasteiger partial charge in [-0.05, 0) is 51.8 Å². The van der Waals surface area contributed by atoms with Crippen LogP contribution in [0, 0.1) is 12.8 Å². The minimum absolute atomic E-state index is 0.0233. The van der Waals surface area contributed by atoms with E-state index >= 15 is 0 Å². The number of hydrogen-bond donors (Lipinski definition) is 1. The number of carbonyl (C=O) groups excluding carboxylic acids is 1. The molecule has 0 unspecified atom stereocenters. The van der Waals surface area contributed by atoms with E-state index in [1.54, 1.807) is 4.68 Å². The number of aryl methyl sites for hydroxylation is 1. The first-order valence-corrected chi connectivity index (χ1v) is 10.1. The molecule has 150 valence electrons. The molecule has 3 aromatic rings. The van der Waals surface area contributed by atoms with E-state index in [4.69, 9.17) is 4.74 Å². The molecule has 1 fully saturated rings. The Balaban J connectivity index is 1.69. The summed E-state index contributed by atoms with van der Waals surface area (Å²) in [6, 6.07) is 16.2. The third-order valence-corrected chi connectivity index (χ3v) is 5.07. The molecule has 0 bridgehead atoms. The second kappa shape index (κ2) is 8.07. The summed E-state index contributed by atoms with van der Waals surface area (Å²) in [5, 5.41) is 7.60. The minimum Gasteiger partial charge on any atom is -0.460 e. The Hall–Kier alpha value is -3.15. The normalized spacial score (nSPS) is 13.9. The fourth-order valence-corrected chi connectivity index (χ4v) is 3.25. The van der Waals surface area contributed by atoms with Crippen LogP contribution < -0.4 is 10.1 Å². The molecule has 0 saturated heterocycles. The van der Waals surface area contributed by atoms with Crippen LogP contribution in [0.5, 0.6) is 6.01 Å². The minimum atomic E-state index is -0.0233. The quantitative estimate of drug-likeness (QED) is 0.658. The lowest BCUT2D eigenvalue weighted by atomic mass is 9.85. The van der Waals surface area contributed by atoms with Crippen molar-refractivity contribution in [2.24, 2.45) is 5.92 Å². The van der Waals surface area contributed by atoms with Crippen LogP contribution in [0.3, 0.4) is 0 Å². The number of rotatable bonds is 6. The zero-order valence-electron chi connectivity index (χ0n) is 17.1. The summed E-state index contributed by atoms with van der Waals surface area (Å²) < 4.78 is 7.50. The van der Waals surface area contributed by atoms with E-state index in [0.29, 0.717) is 11.8 Å². The van der Waals surface area contributed by atoms with Crippen molar-refractivity contribution in [1.29, 1.82) is 0 Å². The average molecular weight is 390 g/mol. The Morgan fingerprint density at radius 3 is 2.59 bits per heavy atom. The first kappa shape index (κ1) is 19.2. The molecule has 0 spiro atoms. The number of nitrogens with one attached hydrogen (secondary N) is 1. The van der Waals surface area contributed by atoms with Crippen molar-refractivity contribution >= 4 is 11.6 Å². The maximum atomic E-state index is 12.3. The number of anilines is 1. The van der Waals surface area contributed by atoms with Crippen LogP contribution in [0.25, 0.3) is 17.1 Å². The number of carbonyl (C=O) groups is 1. The molecule has 0 radical (unpaired) electrons. The Labute approximate surface area is 170 Å². The van der Waals surface area contributed by atoms with E-state index in [1.807, 2.05) is 62.4 Å². The molecule has 6 heteroatoms. The molecule has 0 aliphatic heterocycles. The van der Waals surface area contributed by atoms with Gasteiger partial charge in [0.2, 0.25) is 5.91 Å². The van der Waals surface area contributed by atoms with Crippen LogP contribution in [0.2, 0.25) is 0 Å². The van der Waals surface area contributed by atoms with Gasteiger partial charge in [0.15, 0.2) is 5.82 Å². The Morgan fingerprint density at radius 1 is 1.17 bits per heavy atom. The lowest BCUT2D eigenvalue weighted by molar-refractivity contribution is -0.122. The van der Waals surface area contributed by atoms with Gasteiger partial charge in [0.1, 0.15) is 0 Å². The lowest BCUT2D eigenvalue weighted by Gasteiger charge is -2.24. The first-order chi connectivity index (χ1) is 14.0. The van der Waals surface area contributed by atoms with Crippen molar-refractivity contribution in [2.45, 2.75) is 46.1 Å². The summed E-state index contributed by atoms with van der Waals surface area (Å²) in [5.74, 6) is 0.928. The number of benzene rings is 2. The van der Waals surface area contributed by atoms with Crippen LogP contribution in [-0.4, -0.2) is 26.8 Å². The fourth-order valence-electron chi connectivity index (χ4n) is 3.25. The van der Waals surface area contributed by atoms with E-state index in [1.165, 1.54) is 5.56 Å². The lowest BCUT2D eigenvalue weighted by Crippen LogP contribution is -2.28. The topological polar surface area (TPSA) is 69.0 Å². The van der Waals surface area contributed by atoms with Crippen molar-refractivity contribution in [3.63, 3.8) is 0 Å². The van der Waals surface area contributed by atoms with Crippen molar-refractivity contribution in [2.75, 3.05) is 5.32 Å². The van der Waals surface area contributed by atoms with Crippen LogP contribution in [0.4, 0.5) is 5.69 Å². The summed E-state index contributed by atoms with van der Waals surface area (Å²) in [6.45, 7) is 5.95. The van der Waals surface area contributed by atoms with Gasteiger partial charge in [0, 0.05) is 17.2 Å². The van der Waals surface area contributed by atoms with Crippen molar-refractivity contribution < 1.29 is 9.53 Å². The van der Waals surface area contributed by atoms with Gasteiger partial charge in [-0.1, -0.05) is 42.3 Å². The summed E-state index contributed by atoms with van der Waals surface area (Å²) in [7, 11) is 0. The molecule has 1 N–H and O–H groups in total. The number of ether oxygens (including phenoxy) is 1. The Morgan fingerprint density at radius 2 is 1.93 bits per heavy atom. The molecule has 1 saturated carbocycles. The molecular weight excluding hydrogens is 364 g/mol. The van der Waals surface area contributed by atoms with E-state index in [2.05, 4.69) is 22.3 Å². The molecule has 0 atom stereocenters. The highest BCUT2D eigenvalue weighted by molar-refractivity contribution is 5.93. The monoisotopic (exact) mass is 390 g/mol. The molecule has 1 aromatic heterocycles. The molecular formula is C23H26N4O2. The van der Waals surface area contributed by atoms with Gasteiger partial charge in [-0.2, -0.15) is 4.98 Å². The number of nitrogens with zero attached hydrogens (tertiary/aromatic N) is 3. The van der Waals surface area contributed by atoms with Gasteiger partial charge in [-0.25, -0.2) is 4.68 Å². The summed E-state index contributed by atoms with van der Waals surface area (Å²) in [6.07, 6.45) is 3.06. The standard InChI is InChI=1S/C23H26N4O2/c1-15(2)29-23-25-21(17-12-10-16(3)11-13-17)27(26-23)20-9-5-8-19(14-20)24-22(28)18-6-4-7-18/h5,8-15,18H,4,6-7H2,1-3H3,(H,24,28). The van der Waals surface area contributed by atoms with Crippen molar-refractivity contribution in [1.82, 2.24) is 14.8 Å². The highest BCUT2D eigenvalue weighted by Gasteiger charge is 2.25. The smallest absolute Gasteiger partial charge is 0.336 e. The Kier molecular flexibility index (Phi) is 5.34. The summed E-state index contributed by atoms with van der Waals surface area (Å²) in [5.41, 5.74) is 3.71.